The van der Waals surface area contributed by atoms with Crippen LogP contribution in [0.2, 0.25) is 0 Å². The lowest BCUT2D eigenvalue weighted by Crippen LogP contribution is -2.44. The highest BCUT2D eigenvalue weighted by molar-refractivity contribution is 5.91. The van der Waals surface area contributed by atoms with Crippen LogP contribution in [0.5, 0.6) is 0 Å². The average Bonchev–Trinajstić information content (AvgIpc) is 3.01. The van der Waals surface area contributed by atoms with Crippen molar-refractivity contribution in [2.24, 2.45) is 22.7 Å². The molecule has 114 valence electrons. The fourth-order valence-electron chi connectivity index (χ4n) is 3.91. The minimum absolute atomic E-state index is 0.0585. The van der Waals surface area contributed by atoms with Gasteiger partial charge in [0, 0.05) is 13.1 Å². The molecule has 1 saturated heterocycles. The number of rotatable bonds is 4. The summed E-state index contributed by atoms with van der Waals surface area (Å²) in [6.45, 7) is 9.82. The van der Waals surface area contributed by atoms with E-state index in [0.717, 1.165) is 38.8 Å². The summed E-state index contributed by atoms with van der Waals surface area (Å²) < 4.78 is 0. The molecule has 0 spiro atoms. The summed E-state index contributed by atoms with van der Waals surface area (Å²) >= 11 is 0. The van der Waals surface area contributed by atoms with Crippen molar-refractivity contribution in [3.05, 3.63) is 0 Å². The van der Waals surface area contributed by atoms with E-state index in [1.807, 2.05) is 18.7 Å². The molecule has 4 nitrogen and oxygen atoms in total. The van der Waals surface area contributed by atoms with Gasteiger partial charge in [-0.2, -0.15) is 0 Å². The zero-order valence-electron chi connectivity index (χ0n) is 13.1. The van der Waals surface area contributed by atoms with Crippen LogP contribution in [0.1, 0.15) is 53.4 Å². The molecule has 0 radical (unpaired) electrons. The summed E-state index contributed by atoms with van der Waals surface area (Å²) in [5.74, 6) is -1.60. The van der Waals surface area contributed by atoms with Crippen LogP contribution >= 0.6 is 0 Å². The van der Waals surface area contributed by atoms with Gasteiger partial charge in [0.05, 0.1) is 11.8 Å². The number of likely N-dealkylation sites (tertiary alicyclic amines) is 1. The molecule has 2 fully saturated rings. The number of hydrogen-bond acceptors (Lipinski definition) is 2. The van der Waals surface area contributed by atoms with Gasteiger partial charge in [-0.15, -0.1) is 0 Å². The first-order valence-electron chi connectivity index (χ1n) is 7.80. The van der Waals surface area contributed by atoms with Crippen LogP contribution in [0, 0.1) is 22.7 Å². The SMILES string of the molecule is CCC1(CC)CCN(C(=O)C2C(C(=O)O)C2(C)C)CC1. The van der Waals surface area contributed by atoms with Gasteiger partial charge in [-0.3, -0.25) is 9.59 Å². The number of carboxylic acid groups (broad SMARTS) is 1. The van der Waals surface area contributed by atoms with Gasteiger partial charge in [-0.25, -0.2) is 0 Å². The Morgan fingerprint density at radius 3 is 1.95 bits per heavy atom. The molecule has 1 aliphatic carbocycles. The predicted molar refractivity (Wildman–Crippen MR) is 77.2 cm³/mol. The quantitative estimate of drug-likeness (QED) is 0.862. The first kappa shape index (κ1) is 15.3. The van der Waals surface area contributed by atoms with Gasteiger partial charge in [-0.05, 0) is 23.7 Å². The van der Waals surface area contributed by atoms with Crippen molar-refractivity contribution in [2.45, 2.75) is 53.4 Å². The Morgan fingerprint density at radius 2 is 1.60 bits per heavy atom. The molecule has 4 heteroatoms. The van der Waals surface area contributed by atoms with Crippen LogP contribution in [-0.4, -0.2) is 35.0 Å². The molecule has 1 saturated carbocycles. The highest BCUT2D eigenvalue weighted by Gasteiger charge is 2.66. The Balaban J connectivity index is 1.98. The molecule has 20 heavy (non-hydrogen) atoms. The van der Waals surface area contributed by atoms with Crippen LogP contribution < -0.4 is 0 Å². The minimum Gasteiger partial charge on any atom is -0.481 e. The summed E-state index contributed by atoms with van der Waals surface area (Å²) in [6, 6.07) is 0. The molecule has 2 atom stereocenters. The summed E-state index contributed by atoms with van der Waals surface area (Å²) in [4.78, 5) is 25.6. The van der Waals surface area contributed by atoms with Gasteiger partial charge < -0.3 is 10.0 Å². The summed E-state index contributed by atoms with van der Waals surface area (Å²) in [5.41, 5.74) is 0.00894. The van der Waals surface area contributed by atoms with Crippen molar-refractivity contribution in [1.82, 2.24) is 4.90 Å². The second-order valence-electron chi connectivity index (χ2n) is 7.15. The maximum Gasteiger partial charge on any atom is 0.307 e. The molecular weight excluding hydrogens is 254 g/mol. The highest BCUT2D eigenvalue weighted by Crippen LogP contribution is 2.59. The molecule has 1 aliphatic heterocycles. The number of piperidine rings is 1. The van der Waals surface area contributed by atoms with E-state index in [-0.39, 0.29) is 17.2 Å². The van der Waals surface area contributed by atoms with E-state index in [4.69, 9.17) is 0 Å². The maximum absolute atomic E-state index is 12.5. The van der Waals surface area contributed by atoms with Crippen LogP contribution in [0.25, 0.3) is 0 Å². The third-order valence-corrected chi connectivity index (χ3v) is 6.00. The van der Waals surface area contributed by atoms with E-state index in [9.17, 15) is 14.7 Å². The van der Waals surface area contributed by atoms with Crippen LogP contribution in [-0.2, 0) is 9.59 Å². The molecule has 0 bridgehead atoms. The lowest BCUT2D eigenvalue weighted by molar-refractivity contribution is -0.142. The zero-order valence-corrected chi connectivity index (χ0v) is 13.1. The fraction of sp³-hybridized carbons (Fsp3) is 0.875. The second kappa shape index (κ2) is 5.05. The van der Waals surface area contributed by atoms with Gasteiger partial charge in [0.25, 0.3) is 0 Å². The standard InChI is InChI=1S/C16H27NO3/c1-5-16(6-2)7-9-17(10-8-16)13(18)11-12(14(19)20)15(11,3)4/h11-12H,5-10H2,1-4H3,(H,19,20). The topological polar surface area (TPSA) is 57.6 Å². The molecule has 2 unspecified atom stereocenters. The number of carbonyl (C=O) groups is 2. The Kier molecular flexibility index (Phi) is 3.87. The molecular formula is C16H27NO3. The number of amides is 1. The van der Waals surface area contributed by atoms with Gasteiger partial charge in [0.15, 0.2) is 0 Å². The number of nitrogens with zero attached hydrogens (tertiary/aromatic N) is 1. The summed E-state index contributed by atoms with van der Waals surface area (Å²) in [7, 11) is 0. The highest BCUT2D eigenvalue weighted by atomic mass is 16.4. The van der Waals surface area contributed by atoms with Crippen molar-refractivity contribution in [3.8, 4) is 0 Å². The Morgan fingerprint density at radius 1 is 1.10 bits per heavy atom. The van der Waals surface area contributed by atoms with E-state index < -0.39 is 11.9 Å². The lowest BCUT2D eigenvalue weighted by Gasteiger charge is -2.41. The van der Waals surface area contributed by atoms with E-state index >= 15 is 0 Å². The normalized spacial score (nSPS) is 30.9. The number of aliphatic carboxylic acids is 1. The van der Waals surface area contributed by atoms with E-state index in [2.05, 4.69) is 13.8 Å². The monoisotopic (exact) mass is 281 g/mol. The van der Waals surface area contributed by atoms with Crippen molar-refractivity contribution < 1.29 is 14.7 Å². The molecule has 2 rings (SSSR count). The first-order valence-corrected chi connectivity index (χ1v) is 7.80. The van der Waals surface area contributed by atoms with Gasteiger partial charge in [0.2, 0.25) is 5.91 Å². The second-order valence-corrected chi connectivity index (χ2v) is 7.15. The molecule has 0 aromatic heterocycles. The van der Waals surface area contributed by atoms with E-state index in [0.29, 0.717) is 5.41 Å². The Hall–Kier alpha value is -1.06. The number of carboxylic acids is 1. The molecule has 2 aliphatic rings. The van der Waals surface area contributed by atoms with E-state index in [1.165, 1.54) is 0 Å². The lowest BCUT2D eigenvalue weighted by atomic mass is 9.74. The van der Waals surface area contributed by atoms with Crippen molar-refractivity contribution in [2.75, 3.05) is 13.1 Å². The Bertz CT molecular complexity index is 402. The smallest absolute Gasteiger partial charge is 0.307 e. The van der Waals surface area contributed by atoms with Crippen LogP contribution in [0.4, 0.5) is 0 Å². The van der Waals surface area contributed by atoms with E-state index in [1.54, 1.807) is 0 Å². The maximum atomic E-state index is 12.5. The molecule has 1 heterocycles. The summed E-state index contributed by atoms with van der Waals surface area (Å²) in [5, 5.41) is 9.20. The fourth-order valence-corrected chi connectivity index (χ4v) is 3.91. The van der Waals surface area contributed by atoms with Crippen molar-refractivity contribution in [3.63, 3.8) is 0 Å². The third kappa shape index (κ3) is 2.33. The van der Waals surface area contributed by atoms with Crippen LogP contribution in [0.15, 0.2) is 0 Å². The third-order valence-electron chi connectivity index (χ3n) is 6.00. The Labute approximate surface area is 121 Å². The van der Waals surface area contributed by atoms with Crippen LogP contribution in [0.3, 0.4) is 0 Å². The van der Waals surface area contributed by atoms with Gasteiger partial charge in [-0.1, -0.05) is 40.5 Å². The van der Waals surface area contributed by atoms with Gasteiger partial charge in [0.1, 0.15) is 0 Å². The average molecular weight is 281 g/mol. The van der Waals surface area contributed by atoms with Gasteiger partial charge >= 0.3 is 5.97 Å². The predicted octanol–water partition coefficient (Wildman–Crippen LogP) is 2.77. The van der Waals surface area contributed by atoms with Crippen molar-refractivity contribution in [1.29, 1.82) is 0 Å². The molecule has 1 N–H and O–H groups in total. The minimum atomic E-state index is -0.832. The number of carbonyl (C=O) groups excluding carboxylic acids is 1. The molecule has 0 aromatic carbocycles. The molecule has 0 aromatic rings. The zero-order chi connectivity index (χ0) is 15.1. The largest absolute Gasteiger partial charge is 0.481 e. The number of hydrogen-bond donors (Lipinski definition) is 1. The first-order chi connectivity index (χ1) is 9.29. The summed E-state index contributed by atoms with van der Waals surface area (Å²) in [6.07, 6.45) is 4.43. The van der Waals surface area contributed by atoms with Crippen molar-refractivity contribution >= 4 is 11.9 Å². The molecule has 1 amide bonds.